The van der Waals surface area contributed by atoms with Gasteiger partial charge in [0.25, 0.3) is 0 Å². The summed E-state index contributed by atoms with van der Waals surface area (Å²) in [5.74, 6) is 0.705. The molecule has 0 fully saturated rings. The third-order valence-corrected chi connectivity index (χ3v) is 6.44. The van der Waals surface area contributed by atoms with Crippen LogP contribution < -0.4 is 10.6 Å². The summed E-state index contributed by atoms with van der Waals surface area (Å²) in [5.41, 5.74) is 0.979. The number of thiophene rings is 1. The first-order valence-electron chi connectivity index (χ1n) is 7.84. The van der Waals surface area contributed by atoms with Gasteiger partial charge in [0.2, 0.25) is 10.0 Å². The molecule has 0 saturated carbocycles. The smallest absolute Gasteiger partial charge is 0.242 e. The second-order valence-corrected chi connectivity index (χ2v) is 9.25. The van der Waals surface area contributed by atoms with Crippen LogP contribution in [0.3, 0.4) is 0 Å². The summed E-state index contributed by atoms with van der Waals surface area (Å²) < 4.78 is 25.3. The largest absolute Gasteiger partial charge is 0.352 e. The van der Waals surface area contributed by atoms with Crippen molar-refractivity contribution in [1.29, 1.82) is 0 Å². The monoisotopic (exact) mass is 380 g/mol. The standard InChI is InChI=1S/C17H24N4O2S2/c1-13-5-8-15(24-13)12-20-17(18-2)19-11-14-6-9-16(10-7-14)25(22,23)21(3)4/h5-10H,11-12H2,1-4H3,(H2,18,19,20). The van der Waals surface area contributed by atoms with E-state index in [9.17, 15) is 8.42 Å². The van der Waals surface area contributed by atoms with Crippen LogP contribution in [0.15, 0.2) is 46.3 Å². The lowest BCUT2D eigenvalue weighted by atomic mass is 10.2. The zero-order chi connectivity index (χ0) is 18.4. The molecule has 1 heterocycles. The molecule has 1 aromatic heterocycles. The van der Waals surface area contributed by atoms with Crippen molar-refractivity contribution in [2.45, 2.75) is 24.9 Å². The zero-order valence-electron chi connectivity index (χ0n) is 14.9. The molecule has 0 atom stereocenters. The topological polar surface area (TPSA) is 73.8 Å². The molecule has 0 unspecified atom stereocenters. The van der Waals surface area contributed by atoms with Crippen molar-refractivity contribution in [1.82, 2.24) is 14.9 Å². The SMILES string of the molecule is CN=C(NCc1ccc(S(=O)(=O)N(C)C)cc1)NCc1ccc(C)s1. The molecule has 0 spiro atoms. The Morgan fingerprint density at radius 2 is 1.72 bits per heavy atom. The third-order valence-electron chi connectivity index (χ3n) is 3.61. The molecule has 25 heavy (non-hydrogen) atoms. The molecule has 2 aromatic rings. The number of sulfonamides is 1. The van der Waals surface area contributed by atoms with E-state index in [4.69, 9.17) is 0 Å². The Morgan fingerprint density at radius 1 is 1.08 bits per heavy atom. The molecule has 0 radical (unpaired) electrons. The maximum Gasteiger partial charge on any atom is 0.242 e. The molecule has 0 aliphatic rings. The van der Waals surface area contributed by atoms with E-state index in [0.29, 0.717) is 12.5 Å². The first-order chi connectivity index (χ1) is 11.8. The summed E-state index contributed by atoms with van der Waals surface area (Å²) in [6, 6.07) is 11.1. The quantitative estimate of drug-likeness (QED) is 0.595. The molecular weight excluding hydrogens is 356 g/mol. The lowest BCUT2D eigenvalue weighted by molar-refractivity contribution is 0.520. The molecule has 8 heteroatoms. The second kappa shape index (κ2) is 8.46. The van der Waals surface area contributed by atoms with Gasteiger partial charge in [-0.1, -0.05) is 12.1 Å². The first-order valence-corrected chi connectivity index (χ1v) is 10.1. The fourth-order valence-corrected chi connectivity index (χ4v) is 3.88. The van der Waals surface area contributed by atoms with E-state index < -0.39 is 10.0 Å². The van der Waals surface area contributed by atoms with E-state index in [1.54, 1.807) is 42.6 Å². The van der Waals surface area contributed by atoms with Gasteiger partial charge in [-0.05, 0) is 36.8 Å². The molecule has 1 aromatic carbocycles. The number of benzene rings is 1. The van der Waals surface area contributed by atoms with Gasteiger partial charge in [-0.15, -0.1) is 11.3 Å². The molecule has 136 valence electrons. The van der Waals surface area contributed by atoms with Crippen LogP contribution in [-0.2, 0) is 23.1 Å². The number of aliphatic imine (C=N–C) groups is 1. The molecule has 0 amide bonds. The van der Waals surface area contributed by atoms with Crippen molar-refractivity contribution in [2.75, 3.05) is 21.1 Å². The van der Waals surface area contributed by atoms with E-state index >= 15 is 0 Å². The number of hydrogen-bond acceptors (Lipinski definition) is 4. The van der Waals surface area contributed by atoms with Crippen molar-refractivity contribution >= 4 is 27.3 Å². The van der Waals surface area contributed by atoms with E-state index in [1.807, 2.05) is 0 Å². The average molecular weight is 381 g/mol. The van der Waals surface area contributed by atoms with Crippen LogP contribution in [0.1, 0.15) is 15.3 Å². The van der Waals surface area contributed by atoms with Gasteiger partial charge in [-0.3, -0.25) is 4.99 Å². The van der Waals surface area contributed by atoms with Gasteiger partial charge in [0.1, 0.15) is 0 Å². The third kappa shape index (κ3) is 5.29. The summed E-state index contributed by atoms with van der Waals surface area (Å²) in [6.07, 6.45) is 0. The Morgan fingerprint density at radius 3 is 2.24 bits per heavy atom. The highest BCUT2D eigenvalue weighted by atomic mass is 32.2. The van der Waals surface area contributed by atoms with Gasteiger partial charge in [0, 0.05) is 37.4 Å². The molecule has 0 aliphatic carbocycles. The lowest BCUT2D eigenvalue weighted by Crippen LogP contribution is -2.36. The van der Waals surface area contributed by atoms with E-state index in [2.05, 4.69) is 34.7 Å². The first kappa shape index (κ1) is 19.4. The van der Waals surface area contributed by atoms with Crippen LogP contribution in [0.5, 0.6) is 0 Å². The number of guanidine groups is 1. The van der Waals surface area contributed by atoms with Crippen molar-refractivity contribution in [3.8, 4) is 0 Å². The molecular formula is C17H24N4O2S2. The summed E-state index contributed by atoms with van der Waals surface area (Å²) >= 11 is 1.75. The van der Waals surface area contributed by atoms with Gasteiger partial charge in [-0.2, -0.15) is 0 Å². The van der Waals surface area contributed by atoms with Crippen molar-refractivity contribution < 1.29 is 8.42 Å². The minimum atomic E-state index is -3.39. The number of nitrogens with zero attached hydrogens (tertiary/aromatic N) is 2. The van der Waals surface area contributed by atoms with Gasteiger partial charge < -0.3 is 10.6 Å². The average Bonchev–Trinajstić information content (AvgIpc) is 3.00. The fraction of sp³-hybridized carbons (Fsp3) is 0.353. The molecule has 6 nitrogen and oxygen atoms in total. The highest BCUT2D eigenvalue weighted by Crippen LogP contribution is 2.15. The Labute approximate surface area is 153 Å². The highest BCUT2D eigenvalue weighted by molar-refractivity contribution is 7.89. The summed E-state index contributed by atoms with van der Waals surface area (Å²) in [7, 11) is 1.38. The Hall–Kier alpha value is -1.90. The summed E-state index contributed by atoms with van der Waals surface area (Å²) in [4.78, 5) is 7.02. The van der Waals surface area contributed by atoms with Crippen LogP contribution in [0.4, 0.5) is 0 Å². The molecule has 0 bridgehead atoms. The molecule has 2 N–H and O–H groups in total. The van der Waals surface area contributed by atoms with Gasteiger partial charge >= 0.3 is 0 Å². The van der Waals surface area contributed by atoms with Crippen LogP contribution >= 0.6 is 11.3 Å². The Bertz CT molecular complexity index is 825. The van der Waals surface area contributed by atoms with E-state index in [-0.39, 0.29) is 4.90 Å². The molecule has 0 aliphatic heterocycles. The fourth-order valence-electron chi connectivity index (χ4n) is 2.15. The van der Waals surface area contributed by atoms with Crippen molar-refractivity contribution in [3.63, 3.8) is 0 Å². The predicted octanol–water partition coefficient (Wildman–Crippen LogP) is 2.17. The van der Waals surface area contributed by atoms with Crippen LogP contribution in [0.2, 0.25) is 0 Å². The predicted molar refractivity (Wildman–Crippen MR) is 103 cm³/mol. The minimum absolute atomic E-state index is 0.289. The van der Waals surface area contributed by atoms with E-state index in [1.165, 1.54) is 28.2 Å². The van der Waals surface area contributed by atoms with Crippen LogP contribution in [0, 0.1) is 6.92 Å². The number of nitrogens with one attached hydrogen (secondary N) is 2. The lowest BCUT2D eigenvalue weighted by Gasteiger charge is -2.13. The van der Waals surface area contributed by atoms with Crippen molar-refractivity contribution in [2.24, 2.45) is 4.99 Å². The van der Waals surface area contributed by atoms with Gasteiger partial charge in [0.05, 0.1) is 11.4 Å². The number of aryl methyl sites for hydroxylation is 1. The van der Waals surface area contributed by atoms with Gasteiger partial charge in [0.15, 0.2) is 5.96 Å². The maximum atomic E-state index is 12.1. The molecule has 2 rings (SSSR count). The number of rotatable bonds is 6. The Balaban J connectivity index is 1.91. The van der Waals surface area contributed by atoms with Gasteiger partial charge in [-0.25, -0.2) is 12.7 Å². The highest BCUT2D eigenvalue weighted by Gasteiger charge is 2.16. The Kier molecular flexibility index (Phi) is 6.57. The zero-order valence-corrected chi connectivity index (χ0v) is 16.5. The molecule has 0 saturated heterocycles. The van der Waals surface area contributed by atoms with Crippen LogP contribution in [0.25, 0.3) is 0 Å². The second-order valence-electron chi connectivity index (χ2n) is 5.72. The summed E-state index contributed by atoms with van der Waals surface area (Å²) in [5, 5.41) is 6.49. The van der Waals surface area contributed by atoms with Crippen molar-refractivity contribution in [3.05, 3.63) is 51.7 Å². The normalized spacial score (nSPS) is 12.4. The van der Waals surface area contributed by atoms with Crippen LogP contribution in [-0.4, -0.2) is 39.8 Å². The van der Waals surface area contributed by atoms with E-state index in [0.717, 1.165) is 12.1 Å². The maximum absolute atomic E-state index is 12.1. The summed E-state index contributed by atoms with van der Waals surface area (Å²) in [6.45, 7) is 3.37. The minimum Gasteiger partial charge on any atom is -0.352 e. The number of hydrogen-bond donors (Lipinski definition) is 2.